The first-order valence-electron chi connectivity index (χ1n) is 6.78. The number of carboxylic acids is 1. The molecule has 1 fully saturated rings. The van der Waals surface area contributed by atoms with Gasteiger partial charge in [0.1, 0.15) is 6.04 Å². The van der Waals surface area contributed by atoms with Crippen LogP contribution in [0.5, 0.6) is 0 Å². The summed E-state index contributed by atoms with van der Waals surface area (Å²) in [5.74, 6) is -1.44. The lowest BCUT2D eigenvalue weighted by atomic mass is 10.1. The van der Waals surface area contributed by atoms with E-state index >= 15 is 0 Å². The van der Waals surface area contributed by atoms with Crippen LogP contribution in [0.15, 0.2) is 24.3 Å². The molecule has 0 bridgehead atoms. The summed E-state index contributed by atoms with van der Waals surface area (Å²) in [5.41, 5.74) is 2.02. The van der Waals surface area contributed by atoms with Gasteiger partial charge in [0.05, 0.1) is 11.7 Å². The number of aromatic amines is 1. The van der Waals surface area contributed by atoms with Gasteiger partial charge < -0.3 is 20.1 Å². The van der Waals surface area contributed by atoms with E-state index in [0.717, 1.165) is 10.9 Å². The minimum absolute atomic E-state index is 0.0503. The quantitative estimate of drug-likeness (QED) is 0.772. The van der Waals surface area contributed by atoms with E-state index in [0.29, 0.717) is 11.3 Å². The molecule has 1 aliphatic heterocycles. The summed E-state index contributed by atoms with van der Waals surface area (Å²) in [6.45, 7) is 1.84. The van der Waals surface area contributed by atoms with Crippen LogP contribution < -0.4 is 0 Å². The van der Waals surface area contributed by atoms with Crippen molar-refractivity contribution in [1.29, 1.82) is 0 Å². The Bertz CT molecular complexity index is 722. The Morgan fingerprint density at radius 3 is 2.76 bits per heavy atom. The molecule has 110 valence electrons. The van der Waals surface area contributed by atoms with Crippen molar-refractivity contribution < 1.29 is 19.8 Å². The van der Waals surface area contributed by atoms with E-state index in [4.69, 9.17) is 0 Å². The second kappa shape index (κ2) is 4.89. The fourth-order valence-electron chi connectivity index (χ4n) is 2.97. The molecule has 3 N–H and O–H groups in total. The summed E-state index contributed by atoms with van der Waals surface area (Å²) in [5, 5.41) is 19.7. The number of benzene rings is 1. The molecule has 2 atom stereocenters. The van der Waals surface area contributed by atoms with Gasteiger partial charge in [0.2, 0.25) is 0 Å². The number of nitrogens with zero attached hydrogens (tertiary/aromatic N) is 1. The number of nitrogens with one attached hydrogen (secondary N) is 1. The van der Waals surface area contributed by atoms with Gasteiger partial charge in [0.15, 0.2) is 0 Å². The molecular formula is C15H16N2O4. The number of β-amino-alcohol motifs (C(OH)–C–C–N with tert-alkyl or cyclic N) is 1. The first kappa shape index (κ1) is 13.6. The average molecular weight is 288 g/mol. The van der Waals surface area contributed by atoms with Gasteiger partial charge in [-0.1, -0.05) is 18.2 Å². The molecule has 1 amide bonds. The molecule has 6 heteroatoms. The van der Waals surface area contributed by atoms with Crippen LogP contribution in [0.1, 0.15) is 22.5 Å². The lowest BCUT2D eigenvalue weighted by Gasteiger charge is -2.21. The van der Waals surface area contributed by atoms with Crippen LogP contribution in [0.3, 0.4) is 0 Å². The number of amides is 1. The highest BCUT2D eigenvalue weighted by Crippen LogP contribution is 2.27. The zero-order chi connectivity index (χ0) is 15.1. The highest BCUT2D eigenvalue weighted by atomic mass is 16.4. The smallest absolute Gasteiger partial charge is 0.326 e. The molecule has 3 rings (SSSR count). The number of likely N-dealkylation sites (tertiary alicyclic amines) is 1. The molecule has 0 saturated carbocycles. The molecule has 0 aliphatic carbocycles. The lowest BCUT2D eigenvalue weighted by Crippen LogP contribution is -2.40. The molecule has 1 aromatic heterocycles. The van der Waals surface area contributed by atoms with Crippen molar-refractivity contribution in [3.05, 3.63) is 35.5 Å². The number of aryl methyl sites for hydroxylation is 1. The normalized spacial score (nSPS) is 21.9. The Morgan fingerprint density at radius 1 is 1.33 bits per heavy atom. The highest BCUT2D eigenvalue weighted by molar-refractivity contribution is 6.09. The molecule has 0 spiro atoms. The molecule has 0 radical (unpaired) electrons. The number of hydrogen-bond acceptors (Lipinski definition) is 3. The second-order valence-electron chi connectivity index (χ2n) is 5.37. The van der Waals surface area contributed by atoms with E-state index < -0.39 is 18.1 Å². The van der Waals surface area contributed by atoms with Crippen LogP contribution in [-0.2, 0) is 4.79 Å². The van der Waals surface area contributed by atoms with Gasteiger partial charge >= 0.3 is 5.97 Å². The van der Waals surface area contributed by atoms with Gasteiger partial charge in [-0.2, -0.15) is 0 Å². The first-order valence-corrected chi connectivity index (χ1v) is 6.78. The standard InChI is InChI=1S/C15H16N2O4/c1-8-13(10-4-2-3-5-11(10)16-8)14(19)17-7-9(18)6-12(17)15(20)21/h2-5,9,12,16,18H,6-7H2,1H3,(H,20,21)/t9-,12-/m1/s1. The maximum atomic E-state index is 12.7. The third kappa shape index (κ3) is 2.17. The molecule has 6 nitrogen and oxygen atoms in total. The van der Waals surface area contributed by atoms with Gasteiger partial charge in [0, 0.05) is 29.6 Å². The SMILES string of the molecule is Cc1[nH]c2ccccc2c1C(=O)N1C[C@H](O)C[C@@H]1C(=O)O. The maximum Gasteiger partial charge on any atom is 0.326 e. The van der Waals surface area contributed by atoms with Gasteiger partial charge in [-0.25, -0.2) is 4.79 Å². The van der Waals surface area contributed by atoms with Crippen LogP contribution in [0, 0.1) is 6.92 Å². The molecule has 2 heterocycles. The number of aliphatic hydroxyl groups excluding tert-OH is 1. The molecule has 2 aromatic rings. The van der Waals surface area contributed by atoms with E-state index in [-0.39, 0.29) is 18.9 Å². The summed E-state index contributed by atoms with van der Waals surface area (Å²) < 4.78 is 0. The Labute approximate surface area is 121 Å². The van der Waals surface area contributed by atoms with Crippen molar-refractivity contribution >= 4 is 22.8 Å². The molecule has 1 aliphatic rings. The van der Waals surface area contributed by atoms with E-state index in [1.165, 1.54) is 4.90 Å². The van der Waals surface area contributed by atoms with Crippen LogP contribution in [0.4, 0.5) is 0 Å². The van der Waals surface area contributed by atoms with Gasteiger partial charge in [-0.15, -0.1) is 0 Å². The summed E-state index contributed by atoms with van der Waals surface area (Å²) >= 11 is 0. The number of hydrogen-bond donors (Lipinski definition) is 3. The number of carboxylic acid groups (broad SMARTS) is 1. The predicted octanol–water partition coefficient (Wildman–Crippen LogP) is 1.14. The maximum absolute atomic E-state index is 12.7. The Morgan fingerprint density at radius 2 is 2.05 bits per heavy atom. The van der Waals surface area contributed by atoms with Crippen LogP contribution >= 0.6 is 0 Å². The van der Waals surface area contributed by atoms with Crippen molar-refractivity contribution in [2.45, 2.75) is 25.5 Å². The number of H-pyrrole nitrogens is 1. The Kier molecular flexibility index (Phi) is 3.17. The number of carbonyl (C=O) groups is 2. The third-order valence-electron chi connectivity index (χ3n) is 3.93. The fourth-order valence-corrected chi connectivity index (χ4v) is 2.97. The fraction of sp³-hybridized carbons (Fsp3) is 0.333. The zero-order valence-electron chi connectivity index (χ0n) is 11.5. The van der Waals surface area contributed by atoms with Crippen LogP contribution in [0.25, 0.3) is 10.9 Å². The minimum Gasteiger partial charge on any atom is -0.480 e. The molecule has 1 aromatic carbocycles. The number of aromatic nitrogens is 1. The largest absolute Gasteiger partial charge is 0.480 e. The summed E-state index contributed by atoms with van der Waals surface area (Å²) in [6, 6.07) is 6.42. The highest BCUT2D eigenvalue weighted by Gasteiger charge is 2.40. The van der Waals surface area contributed by atoms with Crippen LogP contribution in [-0.4, -0.2) is 50.7 Å². The van der Waals surface area contributed by atoms with E-state index in [9.17, 15) is 19.8 Å². The lowest BCUT2D eigenvalue weighted by molar-refractivity contribution is -0.141. The number of aliphatic hydroxyl groups is 1. The number of fused-ring (bicyclic) bond motifs is 1. The monoisotopic (exact) mass is 288 g/mol. The van der Waals surface area contributed by atoms with Gasteiger partial charge in [0.25, 0.3) is 5.91 Å². The van der Waals surface area contributed by atoms with Crippen molar-refractivity contribution in [2.75, 3.05) is 6.54 Å². The van der Waals surface area contributed by atoms with Gasteiger partial charge in [-0.3, -0.25) is 4.79 Å². The zero-order valence-corrected chi connectivity index (χ0v) is 11.5. The summed E-state index contributed by atoms with van der Waals surface area (Å²) in [6.07, 6.45) is -0.719. The van der Waals surface area contributed by atoms with Crippen molar-refractivity contribution in [3.8, 4) is 0 Å². The van der Waals surface area contributed by atoms with Crippen LogP contribution in [0.2, 0.25) is 0 Å². The van der Waals surface area contributed by atoms with Gasteiger partial charge in [-0.05, 0) is 13.0 Å². The number of carbonyl (C=O) groups excluding carboxylic acids is 1. The number of para-hydroxylation sites is 1. The third-order valence-corrected chi connectivity index (χ3v) is 3.93. The molecule has 0 unspecified atom stereocenters. The Balaban J connectivity index is 2.04. The van der Waals surface area contributed by atoms with E-state index in [1.54, 1.807) is 6.92 Å². The number of rotatable bonds is 2. The minimum atomic E-state index is -1.09. The average Bonchev–Trinajstić information content (AvgIpc) is 2.97. The second-order valence-corrected chi connectivity index (χ2v) is 5.37. The molecular weight excluding hydrogens is 272 g/mol. The van der Waals surface area contributed by atoms with E-state index in [2.05, 4.69) is 4.98 Å². The Hall–Kier alpha value is -2.34. The molecule has 21 heavy (non-hydrogen) atoms. The first-order chi connectivity index (χ1) is 9.99. The predicted molar refractivity (Wildman–Crippen MR) is 76.1 cm³/mol. The number of aliphatic carboxylic acids is 1. The van der Waals surface area contributed by atoms with Crippen molar-refractivity contribution in [2.24, 2.45) is 0 Å². The van der Waals surface area contributed by atoms with Crippen molar-refractivity contribution in [1.82, 2.24) is 9.88 Å². The summed E-state index contributed by atoms with van der Waals surface area (Å²) in [4.78, 5) is 28.4. The van der Waals surface area contributed by atoms with Crippen molar-refractivity contribution in [3.63, 3.8) is 0 Å². The summed E-state index contributed by atoms with van der Waals surface area (Å²) in [7, 11) is 0. The van der Waals surface area contributed by atoms with E-state index in [1.807, 2.05) is 24.3 Å². The molecule has 1 saturated heterocycles. The topological polar surface area (TPSA) is 93.6 Å².